The van der Waals surface area contributed by atoms with Crippen molar-refractivity contribution in [1.82, 2.24) is 0 Å². The molecule has 0 radical (unpaired) electrons. The average Bonchev–Trinajstić information content (AvgIpc) is 2.48. The molecule has 0 unspecified atom stereocenters. The van der Waals surface area contributed by atoms with Crippen LogP contribution in [0, 0.1) is 11.3 Å². The highest BCUT2D eigenvalue weighted by Crippen LogP contribution is 2.27. The van der Waals surface area contributed by atoms with Crippen molar-refractivity contribution in [2.75, 3.05) is 5.32 Å². The molecule has 1 rings (SSSR count). The number of rotatable bonds is 3. The summed E-state index contributed by atoms with van der Waals surface area (Å²) >= 11 is 1.44. The minimum absolute atomic E-state index is 0.545. The lowest BCUT2D eigenvalue weighted by Gasteiger charge is -1.90. The quantitative estimate of drug-likeness (QED) is 0.720. The Hall–Kier alpha value is -1.34. The standard InChI is InChI=1S/C8H8N2OS/c1-2-7-3-6(4-9)8(12-7)10-5-11/h3,5H,2H2,1H3,(H,10,11). The molecule has 0 spiro atoms. The predicted molar refractivity (Wildman–Crippen MR) is 48.1 cm³/mol. The van der Waals surface area contributed by atoms with Gasteiger partial charge in [-0.25, -0.2) is 0 Å². The number of carbonyl (C=O) groups is 1. The van der Waals surface area contributed by atoms with E-state index in [2.05, 4.69) is 5.32 Å². The van der Waals surface area contributed by atoms with Gasteiger partial charge in [0.1, 0.15) is 11.1 Å². The maximum atomic E-state index is 10.1. The van der Waals surface area contributed by atoms with Crippen molar-refractivity contribution in [2.45, 2.75) is 13.3 Å². The summed E-state index contributed by atoms with van der Waals surface area (Å²) < 4.78 is 0. The average molecular weight is 180 g/mol. The fraction of sp³-hybridized carbons (Fsp3) is 0.250. The van der Waals surface area contributed by atoms with Gasteiger partial charge in [-0.3, -0.25) is 4.79 Å². The van der Waals surface area contributed by atoms with Crippen molar-refractivity contribution < 1.29 is 4.79 Å². The Bertz CT molecular complexity index is 324. The molecule has 3 nitrogen and oxygen atoms in total. The molecular weight excluding hydrogens is 172 g/mol. The summed E-state index contributed by atoms with van der Waals surface area (Å²) in [6.45, 7) is 2.01. The second-order valence-corrected chi connectivity index (χ2v) is 3.32. The van der Waals surface area contributed by atoms with E-state index in [-0.39, 0.29) is 0 Å². The van der Waals surface area contributed by atoms with Crippen LogP contribution in [0.1, 0.15) is 17.4 Å². The summed E-state index contributed by atoms with van der Waals surface area (Å²) in [6.07, 6.45) is 1.48. The molecule has 1 aromatic rings. The first-order valence-electron chi connectivity index (χ1n) is 3.54. The zero-order valence-corrected chi connectivity index (χ0v) is 7.44. The van der Waals surface area contributed by atoms with Crippen LogP contribution in [0.4, 0.5) is 5.00 Å². The molecule has 4 heteroatoms. The third-order valence-corrected chi connectivity index (χ3v) is 2.65. The zero-order chi connectivity index (χ0) is 8.97. The maximum absolute atomic E-state index is 10.1. The van der Waals surface area contributed by atoms with Gasteiger partial charge in [0, 0.05) is 4.88 Å². The van der Waals surface area contributed by atoms with Crippen LogP contribution in [-0.4, -0.2) is 6.41 Å². The number of hydrogen-bond donors (Lipinski definition) is 1. The number of thiophene rings is 1. The highest BCUT2D eigenvalue weighted by molar-refractivity contribution is 7.16. The molecule has 1 aromatic heterocycles. The summed E-state index contributed by atoms with van der Waals surface area (Å²) in [5.74, 6) is 0. The molecular formula is C8H8N2OS. The van der Waals surface area contributed by atoms with Gasteiger partial charge in [0.15, 0.2) is 0 Å². The second-order valence-electron chi connectivity index (χ2n) is 2.18. The van der Waals surface area contributed by atoms with Gasteiger partial charge in [-0.15, -0.1) is 11.3 Å². The molecule has 12 heavy (non-hydrogen) atoms. The van der Waals surface area contributed by atoms with E-state index in [9.17, 15) is 4.79 Å². The Morgan fingerprint density at radius 1 is 1.83 bits per heavy atom. The molecule has 0 saturated carbocycles. The smallest absolute Gasteiger partial charge is 0.212 e. The van der Waals surface area contributed by atoms with Crippen LogP contribution in [0.3, 0.4) is 0 Å². The Labute approximate surface area is 74.6 Å². The van der Waals surface area contributed by atoms with E-state index in [1.165, 1.54) is 11.3 Å². The normalized spacial score (nSPS) is 9.00. The summed E-state index contributed by atoms with van der Waals surface area (Å²) in [5.41, 5.74) is 0.545. The third-order valence-electron chi connectivity index (χ3n) is 1.44. The second kappa shape index (κ2) is 3.88. The number of anilines is 1. The lowest BCUT2D eigenvalue weighted by molar-refractivity contribution is -0.105. The van der Waals surface area contributed by atoms with E-state index in [4.69, 9.17) is 5.26 Å². The SMILES string of the molecule is CCc1cc(C#N)c(NC=O)s1. The topological polar surface area (TPSA) is 52.9 Å². The molecule has 0 fully saturated rings. The first-order valence-corrected chi connectivity index (χ1v) is 4.36. The Balaban J connectivity index is 3.01. The molecule has 0 atom stereocenters. The number of aryl methyl sites for hydroxylation is 1. The number of hydrogen-bond acceptors (Lipinski definition) is 3. The van der Waals surface area contributed by atoms with E-state index in [1.54, 1.807) is 6.07 Å². The highest BCUT2D eigenvalue weighted by atomic mass is 32.1. The van der Waals surface area contributed by atoms with Gasteiger partial charge in [0.05, 0.1) is 5.56 Å². The molecule has 0 aliphatic heterocycles. The van der Waals surface area contributed by atoms with Crippen LogP contribution in [0.2, 0.25) is 0 Å². The summed E-state index contributed by atoms with van der Waals surface area (Å²) in [4.78, 5) is 11.2. The van der Waals surface area contributed by atoms with Crippen molar-refractivity contribution in [3.63, 3.8) is 0 Å². The Kier molecular flexibility index (Phi) is 2.83. The van der Waals surface area contributed by atoms with Crippen molar-refractivity contribution in [2.24, 2.45) is 0 Å². The van der Waals surface area contributed by atoms with E-state index < -0.39 is 0 Å². The van der Waals surface area contributed by atoms with Crippen molar-refractivity contribution in [1.29, 1.82) is 5.26 Å². The number of nitrogens with one attached hydrogen (secondary N) is 1. The monoisotopic (exact) mass is 180 g/mol. The molecule has 0 bridgehead atoms. The zero-order valence-electron chi connectivity index (χ0n) is 6.63. The number of nitrogens with zero attached hydrogens (tertiary/aromatic N) is 1. The lowest BCUT2D eigenvalue weighted by atomic mass is 10.3. The van der Waals surface area contributed by atoms with Gasteiger partial charge < -0.3 is 5.32 Å². The predicted octanol–water partition coefficient (Wildman–Crippen LogP) is 1.75. The molecule has 0 aliphatic carbocycles. The molecule has 1 N–H and O–H groups in total. The molecule has 0 aromatic carbocycles. The summed E-state index contributed by atoms with van der Waals surface area (Å²) in [6, 6.07) is 3.83. The number of nitriles is 1. The van der Waals surface area contributed by atoms with Crippen molar-refractivity contribution >= 4 is 22.7 Å². The van der Waals surface area contributed by atoms with E-state index in [0.717, 1.165) is 11.3 Å². The fourth-order valence-corrected chi connectivity index (χ4v) is 1.76. The van der Waals surface area contributed by atoms with Crippen LogP contribution >= 0.6 is 11.3 Å². The van der Waals surface area contributed by atoms with Gasteiger partial charge in [-0.05, 0) is 12.5 Å². The summed E-state index contributed by atoms with van der Waals surface area (Å²) in [5, 5.41) is 11.8. The van der Waals surface area contributed by atoms with Gasteiger partial charge in [-0.2, -0.15) is 5.26 Å². The number of carbonyl (C=O) groups excluding carboxylic acids is 1. The molecule has 1 amide bonds. The van der Waals surface area contributed by atoms with Gasteiger partial charge in [-0.1, -0.05) is 6.92 Å². The molecule has 0 aliphatic rings. The third kappa shape index (κ3) is 1.63. The minimum Gasteiger partial charge on any atom is -0.319 e. The Morgan fingerprint density at radius 2 is 2.58 bits per heavy atom. The molecule has 62 valence electrons. The lowest BCUT2D eigenvalue weighted by Crippen LogP contribution is -1.91. The van der Waals surface area contributed by atoms with E-state index >= 15 is 0 Å². The van der Waals surface area contributed by atoms with Crippen LogP contribution in [-0.2, 0) is 11.2 Å². The molecule has 0 saturated heterocycles. The van der Waals surface area contributed by atoms with Crippen LogP contribution in [0.15, 0.2) is 6.07 Å². The summed E-state index contributed by atoms with van der Waals surface area (Å²) in [7, 11) is 0. The van der Waals surface area contributed by atoms with Crippen LogP contribution < -0.4 is 5.32 Å². The van der Waals surface area contributed by atoms with E-state index in [0.29, 0.717) is 17.0 Å². The largest absolute Gasteiger partial charge is 0.319 e. The van der Waals surface area contributed by atoms with E-state index in [1.807, 2.05) is 13.0 Å². The minimum atomic E-state index is 0.545. The number of amides is 1. The van der Waals surface area contributed by atoms with Gasteiger partial charge in [0.2, 0.25) is 6.41 Å². The van der Waals surface area contributed by atoms with Crippen LogP contribution in [0.5, 0.6) is 0 Å². The maximum Gasteiger partial charge on any atom is 0.212 e. The van der Waals surface area contributed by atoms with Gasteiger partial charge >= 0.3 is 0 Å². The van der Waals surface area contributed by atoms with Crippen molar-refractivity contribution in [3.05, 3.63) is 16.5 Å². The van der Waals surface area contributed by atoms with Crippen molar-refractivity contribution in [3.8, 4) is 6.07 Å². The first-order chi connectivity index (χ1) is 5.81. The van der Waals surface area contributed by atoms with Crippen LogP contribution in [0.25, 0.3) is 0 Å². The highest BCUT2D eigenvalue weighted by Gasteiger charge is 2.05. The first kappa shape index (κ1) is 8.75. The fourth-order valence-electron chi connectivity index (χ4n) is 0.860. The molecule has 1 heterocycles. The Morgan fingerprint density at radius 3 is 3.08 bits per heavy atom. The van der Waals surface area contributed by atoms with Gasteiger partial charge in [0.25, 0.3) is 0 Å².